The van der Waals surface area contributed by atoms with Gasteiger partial charge in [0.15, 0.2) is 6.23 Å². The molecule has 174 valence electrons. The molecular formula is C20H26N3O8P. The molecule has 0 amide bonds. The van der Waals surface area contributed by atoms with Gasteiger partial charge in [-0.3, -0.25) is 18.9 Å². The highest BCUT2D eigenvalue weighted by Crippen LogP contribution is 2.34. The number of aliphatic hydroxyl groups is 2. The van der Waals surface area contributed by atoms with Crippen molar-refractivity contribution in [2.24, 2.45) is 0 Å². The van der Waals surface area contributed by atoms with Crippen LogP contribution in [0.25, 0.3) is 0 Å². The lowest BCUT2D eigenvalue weighted by Crippen LogP contribution is -2.43. The molecule has 4 atom stereocenters. The zero-order chi connectivity index (χ0) is 22.8. The molecule has 4 rings (SSSR count). The highest BCUT2D eigenvalue weighted by Gasteiger charge is 2.44. The topological polar surface area (TPSA) is 156 Å². The fourth-order valence-electron chi connectivity index (χ4n) is 4.37. The SMILES string of the molecule is O=c1ccn(C2OC(COP(O)O)C(O)C2O)c(=O)n1Cc1cc(C2CCCC2)ccn1. The molecule has 2 fully saturated rings. The van der Waals surface area contributed by atoms with E-state index in [0.29, 0.717) is 11.6 Å². The standard InChI is InChI=1S/C20H26N3O8P/c24-16-6-8-22(19-18(26)17(25)15(31-19)11-30-32(28)29)20(27)23(16)10-14-9-13(5-7-21-14)12-3-1-2-4-12/h5-9,12,15,17-19,25-26,28-29H,1-4,10-11H2. The second-order valence-corrected chi connectivity index (χ2v) is 8.85. The van der Waals surface area contributed by atoms with Gasteiger partial charge in [-0.2, -0.15) is 0 Å². The van der Waals surface area contributed by atoms with E-state index in [0.717, 1.165) is 27.5 Å². The zero-order valence-electron chi connectivity index (χ0n) is 17.2. The van der Waals surface area contributed by atoms with E-state index in [9.17, 15) is 19.8 Å². The van der Waals surface area contributed by atoms with Crippen LogP contribution in [0.2, 0.25) is 0 Å². The van der Waals surface area contributed by atoms with Crippen molar-refractivity contribution in [3.63, 3.8) is 0 Å². The van der Waals surface area contributed by atoms with E-state index in [-0.39, 0.29) is 13.2 Å². The maximum atomic E-state index is 13.1. The molecule has 0 aromatic carbocycles. The van der Waals surface area contributed by atoms with Gasteiger partial charge in [0.1, 0.15) is 18.3 Å². The van der Waals surface area contributed by atoms with Crippen LogP contribution in [0.3, 0.4) is 0 Å². The van der Waals surface area contributed by atoms with Crippen molar-refractivity contribution in [2.45, 2.75) is 62.7 Å². The second kappa shape index (κ2) is 9.88. The van der Waals surface area contributed by atoms with Crippen molar-refractivity contribution in [1.82, 2.24) is 14.1 Å². The average molecular weight is 467 g/mol. The molecule has 0 bridgehead atoms. The van der Waals surface area contributed by atoms with Crippen molar-refractivity contribution in [1.29, 1.82) is 0 Å². The Morgan fingerprint density at radius 3 is 2.62 bits per heavy atom. The number of aliphatic hydroxyl groups excluding tert-OH is 2. The lowest BCUT2D eigenvalue weighted by atomic mass is 9.98. The van der Waals surface area contributed by atoms with E-state index in [1.165, 1.54) is 25.1 Å². The third kappa shape index (κ3) is 4.84. The molecule has 11 nitrogen and oxygen atoms in total. The molecule has 2 aromatic heterocycles. The van der Waals surface area contributed by atoms with Crippen molar-refractivity contribution < 1.29 is 29.3 Å². The van der Waals surface area contributed by atoms with Crippen LogP contribution in [0.5, 0.6) is 0 Å². The molecule has 1 saturated heterocycles. The lowest BCUT2D eigenvalue weighted by Gasteiger charge is -2.19. The summed E-state index contributed by atoms with van der Waals surface area (Å²) in [6, 6.07) is 5.05. The fourth-order valence-corrected chi connectivity index (χ4v) is 4.65. The van der Waals surface area contributed by atoms with Gasteiger partial charge < -0.3 is 29.3 Å². The first kappa shape index (κ1) is 23.2. The summed E-state index contributed by atoms with van der Waals surface area (Å²) in [5.74, 6) is 0.461. The normalized spacial score (nSPS) is 26.3. The molecular weight excluding hydrogens is 441 g/mol. The van der Waals surface area contributed by atoms with E-state index in [2.05, 4.69) is 9.51 Å². The number of aromatic nitrogens is 3. The van der Waals surface area contributed by atoms with Gasteiger partial charge in [0.05, 0.1) is 18.8 Å². The van der Waals surface area contributed by atoms with E-state index < -0.39 is 44.4 Å². The minimum atomic E-state index is -2.66. The van der Waals surface area contributed by atoms with E-state index >= 15 is 0 Å². The Morgan fingerprint density at radius 2 is 1.91 bits per heavy atom. The summed E-state index contributed by atoms with van der Waals surface area (Å²) in [6.07, 6.45) is 2.19. The van der Waals surface area contributed by atoms with Crippen LogP contribution in [-0.2, 0) is 15.8 Å². The van der Waals surface area contributed by atoms with Crippen LogP contribution in [0, 0.1) is 0 Å². The van der Waals surface area contributed by atoms with Crippen molar-refractivity contribution in [3.05, 3.63) is 62.7 Å². The predicted molar refractivity (Wildman–Crippen MR) is 113 cm³/mol. The molecule has 2 aliphatic rings. The summed E-state index contributed by atoms with van der Waals surface area (Å²) < 4.78 is 12.2. The number of ether oxygens (including phenoxy) is 1. The number of hydrogen-bond acceptors (Lipinski definition) is 9. The number of rotatable bonds is 7. The minimum Gasteiger partial charge on any atom is -0.387 e. The monoisotopic (exact) mass is 467 g/mol. The number of hydrogen-bond donors (Lipinski definition) is 4. The predicted octanol–water partition coefficient (Wildman–Crippen LogP) is -0.0418. The average Bonchev–Trinajstić information content (AvgIpc) is 3.40. The molecule has 1 saturated carbocycles. The van der Waals surface area contributed by atoms with Gasteiger partial charge in [-0.15, -0.1) is 0 Å². The smallest absolute Gasteiger partial charge is 0.333 e. The summed E-state index contributed by atoms with van der Waals surface area (Å²) in [7, 11) is -2.66. The number of nitrogens with zero attached hydrogens (tertiary/aromatic N) is 3. The van der Waals surface area contributed by atoms with Crippen molar-refractivity contribution in [3.8, 4) is 0 Å². The molecule has 4 N–H and O–H groups in total. The highest BCUT2D eigenvalue weighted by molar-refractivity contribution is 7.39. The van der Waals surface area contributed by atoms with Gasteiger partial charge in [-0.1, -0.05) is 12.8 Å². The molecule has 1 aliphatic carbocycles. The third-order valence-electron chi connectivity index (χ3n) is 6.05. The molecule has 2 aromatic rings. The Morgan fingerprint density at radius 1 is 1.16 bits per heavy atom. The second-order valence-electron chi connectivity index (χ2n) is 8.09. The van der Waals surface area contributed by atoms with Crippen LogP contribution in [-0.4, -0.2) is 59.0 Å². The molecule has 12 heteroatoms. The fraction of sp³-hybridized carbons (Fsp3) is 0.550. The Bertz CT molecular complexity index is 1050. The first-order valence-corrected chi connectivity index (χ1v) is 11.6. The maximum Gasteiger partial charge on any atom is 0.333 e. The minimum absolute atomic E-state index is 0.0453. The third-order valence-corrected chi connectivity index (χ3v) is 6.43. The molecule has 1 aliphatic heterocycles. The van der Waals surface area contributed by atoms with Crippen molar-refractivity contribution in [2.75, 3.05) is 6.61 Å². The van der Waals surface area contributed by atoms with Gasteiger partial charge in [0.25, 0.3) is 5.56 Å². The molecule has 0 radical (unpaired) electrons. The lowest BCUT2D eigenvalue weighted by molar-refractivity contribution is -0.0531. The van der Waals surface area contributed by atoms with Gasteiger partial charge >= 0.3 is 14.3 Å². The first-order chi connectivity index (χ1) is 15.3. The largest absolute Gasteiger partial charge is 0.387 e. The Kier molecular flexibility index (Phi) is 7.16. The van der Waals surface area contributed by atoms with Gasteiger partial charge in [0.2, 0.25) is 0 Å². The first-order valence-electron chi connectivity index (χ1n) is 10.4. The van der Waals surface area contributed by atoms with Crippen LogP contribution in [0.15, 0.2) is 40.2 Å². The summed E-state index contributed by atoms with van der Waals surface area (Å²) >= 11 is 0. The zero-order valence-corrected chi connectivity index (χ0v) is 18.1. The Balaban J connectivity index is 1.58. The molecule has 0 spiro atoms. The molecule has 32 heavy (non-hydrogen) atoms. The van der Waals surface area contributed by atoms with Crippen LogP contribution in [0.1, 0.15) is 49.1 Å². The maximum absolute atomic E-state index is 13.1. The van der Waals surface area contributed by atoms with Crippen LogP contribution >= 0.6 is 8.60 Å². The Hall–Kier alpha value is -1.98. The number of pyridine rings is 1. The summed E-state index contributed by atoms with van der Waals surface area (Å²) in [6.45, 7) is -0.435. The Labute approximate surface area is 184 Å². The highest BCUT2D eigenvalue weighted by atomic mass is 31.2. The molecule has 3 heterocycles. The van der Waals surface area contributed by atoms with Crippen molar-refractivity contribution >= 4 is 8.60 Å². The van der Waals surface area contributed by atoms with Gasteiger partial charge in [-0.05, 0) is 36.5 Å². The van der Waals surface area contributed by atoms with Gasteiger partial charge in [-0.25, -0.2) is 4.79 Å². The van der Waals surface area contributed by atoms with Crippen LogP contribution < -0.4 is 11.2 Å². The van der Waals surface area contributed by atoms with E-state index in [4.69, 9.17) is 14.5 Å². The quantitative estimate of drug-likeness (QED) is 0.410. The van der Waals surface area contributed by atoms with Gasteiger partial charge in [0, 0.05) is 18.5 Å². The van der Waals surface area contributed by atoms with E-state index in [1.807, 2.05) is 12.1 Å². The molecule has 4 unspecified atom stereocenters. The van der Waals surface area contributed by atoms with E-state index in [1.54, 1.807) is 6.20 Å². The summed E-state index contributed by atoms with van der Waals surface area (Å²) in [4.78, 5) is 47.6. The summed E-state index contributed by atoms with van der Waals surface area (Å²) in [5.41, 5.74) is 0.461. The summed E-state index contributed by atoms with van der Waals surface area (Å²) in [5, 5.41) is 20.6. The van der Waals surface area contributed by atoms with Crippen LogP contribution in [0.4, 0.5) is 0 Å².